The zero-order chi connectivity index (χ0) is 19.2. The van der Waals surface area contributed by atoms with E-state index in [9.17, 15) is 9.18 Å². The molecule has 1 aromatic carbocycles. The SMILES string of the molecule is CC(Sc1nnc(-c2cccc(F)c2)n1N)C(=O)NCCC1=CCCCC1. The maximum absolute atomic E-state index is 13.4. The summed E-state index contributed by atoms with van der Waals surface area (Å²) in [6, 6.07) is 6.00. The standard InChI is InChI=1S/C19H24FN5OS/c1-13(18(26)22-11-10-14-6-3-2-4-7-14)27-19-24-23-17(25(19)21)15-8-5-9-16(20)12-15/h5-6,8-9,12-13H,2-4,7,10-11,21H2,1H3,(H,22,26). The van der Waals surface area contributed by atoms with Crippen molar-refractivity contribution in [1.82, 2.24) is 20.2 Å². The largest absolute Gasteiger partial charge is 0.355 e. The summed E-state index contributed by atoms with van der Waals surface area (Å²) in [4.78, 5) is 12.3. The molecule has 0 aliphatic heterocycles. The van der Waals surface area contributed by atoms with Gasteiger partial charge in [-0.05, 0) is 51.2 Å². The second kappa shape index (κ2) is 9.03. The first-order chi connectivity index (χ1) is 13.0. The number of hydrogen-bond acceptors (Lipinski definition) is 5. The molecule has 0 fully saturated rings. The lowest BCUT2D eigenvalue weighted by molar-refractivity contribution is -0.120. The number of rotatable bonds is 7. The lowest BCUT2D eigenvalue weighted by Gasteiger charge is -2.14. The molecule has 3 rings (SSSR count). The van der Waals surface area contributed by atoms with Crippen molar-refractivity contribution < 1.29 is 9.18 Å². The molecule has 1 aliphatic rings. The average molecular weight is 390 g/mol. The number of nitrogens with zero attached hydrogens (tertiary/aromatic N) is 3. The molecule has 1 amide bonds. The van der Waals surface area contributed by atoms with Crippen LogP contribution in [0.5, 0.6) is 0 Å². The highest BCUT2D eigenvalue weighted by Crippen LogP contribution is 2.25. The molecule has 1 aromatic heterocycles. The summed E-state index contributed by atoms with van der Waals surface area (Å²) in [5, 5.41) is 11.1. The van der Waals surface area contributed by atoms with E-state index in [2.05, 4.69) is 21.6 Å². The quantitative estimate of drug-likeness (QED) is 0.431. The highest BCUT2D eigenvalue weighted by atomic mass is 32.2. The van der Waals surface area contributed by atoms with Gasteiger partial charge in [0, 0.05) is 12.1 Å². The van der Waals surface area contributed by atoms with E-state index >= 15 is 0 Å². The molecule has 0 bridgehead atoms. The minimum atomic E-state index is -0.370. The number of benzene rings is 1. The third-order valence-electron chi connectivity index (χ3n) is 4.53. The number of nitrogens with one attached hydrogen (secondary N) is 1. The van der Waals surface area contributed by atoms with Crippen LogP contribution in [0.2, 0.25) is 0 Å². The van der Waals surface area contributed by atoms with Crippen LogP contribution in [0.15, 0.2) is 41.1 Å². The van der Waals surface area contributed by atoms with Gasteiger partial charge in [0.25, 0.3) is 0 Å². The van der Waals surface area contributed by atoms with E-state index in [-0.39, 0.29) is 17.0 Å². The number of hydrogen-bond donors (Lipinski definition) is 2. The van der Waals surface area contributed by atoms with Gasteiger partial charge < -0.3 is 11.2 Å². The Morgan fingerprint density at radius 1 is 1.41 bits per heavy atom. The van der Waals surface area contributed by atoms with Crippen molar-refractivity contribution in [3.63, 3.8) is 0 Å². The van der Waals surface area contributed by atoms with Crippen LogP contribution in [0.25, 0.3) is 11.4 Å². The van der Waals surface area contributed by atoms with E-state index in [0.29, 0.717) is 23.1 Å². The van der Waals surface area contributed by atoms with Crippen LogP contribution in [0.3, 0.4) is 0 Å². The van der Waals surface area contributed by atoms with Gasteiger partial charge >= 0.3 is 0 Å². The summed E-state index contributed by atoms with van der Waals surface area (Å²) in [6.45, 7) is 2.44. The molecule has 0 spiro atoms. The fourth-order valence-corrected chi connectivity index (χ4v) is 3.81. The first-order valence-electron chi connectivity index (χ1n) is 9.13. The number of halogens is 1. The number of allylic oxidation sites excluding steroid dienone is 1. The number of thioether (sulfide) groups is 1. The Hall–Kier alpha value is -2.35. The first-order valence-corrected chi connectivity index (χ1v) is 10.0. The summed E-state index contributed by atoms with van der Waals surface area (Å²) < 4.78 is 14.7. The molecule has 1 atom stereocenters. The van der Waals surface area contributed by atoms with Gasteiger partial charge in [-0.2, -0.15) is 0 Å². The predicted molar refractivity (Wildman–Crippen MR) is 105 cm³/mol. The number of nitrogens with two attached hydrogens (primary N) is 1. The zero-order valence-corrected chi connectivity index (χ0v) is 16.1. The van der Waals surface area contributed by atoms with Gasteiger partial charge in [0.05, 0.1) is 5.25 Å². The summed E-state index contributed by atoms with van der Waals surface area (Å²) >= 11 is 1.23. The predicted octanol–water partition coefficient (Wildman–Crippen LogP) is 3.29. The van der Waals surface area contributed by atoms with Gasteiger partial charge in [0.15, 0.2) is 5.82 Å². The first kappa shape index (κ1) is 19.4. The van der Waals surface area contributed by atoms with Gasteiger partial charge in [-0.25, -0.2) is 9.07 Å². The van der Waals surface area contributed by atoms with Crippen LogP contribution in [-0.2, 0) is 4.79 Å². The molecule has 2 aromatic rings. The summed E-state index contributed by atoms with van der Waals surface area (Å²) in [7, 11) is 0. The van der Waals surface area contributed by atoms with Gasteiger partial charge in [0.1, 0.15) is 5.82 Å². The number of amides is 1. The van der Waals surface area contributed by atoms with Crippen molar-refractivity contribution in [3.05, 3.63) is 41.7 Å². The molecule has 1 heterocycles. The summed E-state index contributed by atoms with van der Waals surface area (Å²) in [5.74, 6) is 5.96. The monoisotopic (exact) mass is 389 g/mol. The van der Waals surface area contributed by atoms with Crippen molar-refractivity contribution >= 4 is 17.7 Å². The van der Waals surface area contributed by atoms with E-state index in [0.717, 1.165) is 19.3 Å². The van der Waals surface area contributed by atoms with Crippen LogP contribution >= 0.6 is 11.8 Å². The average Bonchev–Trinajstić information content (AvgIpc) is 3.03. The topological polar surface area (TPSA) is 85.8 Å². The Kier molecular flexibility index (Phi) is 6.49. The Morgan fingerprint density at radius 3 is 3.00 bits per heavy atom. The number of carbonyl (C=O) groups excluding carboxylic acids is 1. The third kappa shape index (κ3) is 5.09. The van der Waals surface area contributed by atoms with Gasteiger partial charge in [-0.1, -0.05) is 35.5 Å². The second-order valence-electron chi connectivity index (χ2n) is 6.60. The molecule has 27 heavy (non-hydrogen) atoms. The molecule has 144 valence electrons. The fourth-order valence-electron chi connectivity index (χ4n) is 3.02. The highest BCUT2D eigenvalue weighted by molar-refractivity contribution is 8.00. The third-order valence-corrected chi connectivity index (χ3v) is 5.59. The normalized spacial score (nSPS) is 15.3. The van der Waals surface area contributed by atoms with E-state index < -0.39 is 0 Å². The van der Waals surface area contributed by atoms with Crippen molar-refractivity contribution in [2.75, 3.05) is 12.4 Å². The maximum atomic E-state index is 13.4. The maximum Gasteiger partial charge on any atom is 0.233 e. The van der Waals surface area contributed by atoms with Crippen molar-refractivity contribution in [3.8, 4) is 11.4 Å². The van der Waals surface area contributed by atoms with Crippen molar-refractivity contribution in [2.45, 2.75) is 49.4 Å². The molecule has 1 unspecified atom stereocenters. The van der Waals surface area contributed by atoms with Gasteiger partial charge in [-0.15, -0.1) is 10.2 Å². The highest BCUT2D eigenvalue weighted by Gasteiger charge is 2.20. The Balaban J connectivity index is 1.55. The van der Waals surface area contributed by atoms with Crippen LogP contribution in [0, 0.1) is 5.82 Å². The molecular weight excluding hydrogens is 365 g/mol. The van der Waals surface area contributed by atoms with E-state index in [1.54, 1.807) is 19.1 Å². The molecular formula is C19H24FN5OS. The Labute approximate surface area is 162 Å². The number of aromatic nitrogens is 3. The van der Waals surface area contributed by atoms with Crippen molar-refractivity contribution in [1.29, 1.82) is 0 Å². The number of nitrogen functional groups attached to an aromatic ring is 1. The molecule has 1 aliphatic carbocycles. The molecule has 8 heteroatoms. The Morgan fingerprint density at radius 2 is 2.26 bits per heavy atom. The van der Waals surface area contributed by atoms with Gasteiger partial charge in [0.2, 0.25) is 11.1 Å². The lowest BCUT2D eigenvalue weighted by Crippen LogP contribution is -2.32. The van der Waals surface area contributed by atoms with Crippen LogP contribution in [-0.4, -0.2) is 32.6 Å². The van der Waals surface area contributed by atoms with Crippen LogP contribution in [0.1, 0.15) is 39.0 Å². The summed E-state index contributed by atoms with van der Waals surface area (Å²) in [6.07, 6.45) is 7.99. The molecule has 3 N–H and O–H groups in total. The van der Waals surface area contributed by atoms with Crippen LogP contribution in [0.4, 0.5) is 4.39 Å². The minimum Gasteiger partial charge on any atom is -0.355 e. The van der Waals surface area contributed by atoms with E-state index in [4.69, 9.17) is 5.84 Å². The van der Waals surface area contributed by atoms with Gasteiger partial charge in [-0.3, -0.25) is 4.79 Å². The minimum absolute atomic E-state index is 0.0632. The Bertz CT molecular complexity index is 835. The molecule has 6 nitrogen and oxygen atoms in total. The molecule has 0 saturated heterocycles. The fraction of sp³-hybridized carbons (Fsp3) is 0.421. The van der Waals surface area contributed by atoms with Crippen LogP contribution < -0.4 is 11.2 Å². The van der Waals surface area contributed by atoms with E-state index in [1.807, 2.05) is 0 Å². The smallest absolute Gasteiger partial charge is 0.233 e. The lowest BCUT2D eigenvalue weighted by atomic mass is 9.97. The second-order valence-corrected chi connectivity index (χ2v) is 7.90. The molecule has 0 saturated carbocycles. The summed E-state index contributed by atoms with van der Waals surface area (Å²) in [5.41, 5.74) is 1.97. The zero-order valence-electron chi connectivity index (χ0n) is 15.3. The van der Waals surface area contributed by atoms with E-state index in [1.165, 1.54) is 47.0 Å². The van der Waals surface area contributed by atoms with Crippen molar-refractivity contribution in [2.24, 2.45) is 0 Å². The number of carbonyl (C=O) groups is 1. The molecule has 0 radical (unpaired) electrons.